The highest BCUT2D eigenvalue weighted by Crippen LogP contribution is 2.14. The second-order valence-corrected chi connectivity index (χ2v) is 7.48. The molecule has 2 rings (SSSR count). The molecule has 7 heteroatoms. The highest BCUT2D eigenvalue weighted by Gasteiger charge is 2.15. The van der Waals surface area contributed by atoms with E-state index in [4.69, 9.17) is 9.47 Å². The number of aliphatic imine (C=N–C) groups is 1. The molecule has 0 amide bonds. The van der Waals surface area contributed by atoms with Crippen molar-refractivity contribution in [2.24, 2.45) is 16.8 Å². The molecule has 2 heterocycles. The van der Waals surface area contributed by atoms with Gasteiger partial charge in [-0.1, -0.05) is 6.92 Å². The lowest BCUT2D eigenvalue weighted by atomic mass is 10.0. The van der Waals surface area contributed by atoms with Gasteiger partial charge in [0.05, 0.1) is 0 Å². The average molecular weight is 482 g/mol. The van der Waals surface area contributed by atoms with Crippen molar-refractivity contribution in [1.82, 2.24) is 15.5 Å². The summed E-state index contributed by atoms with van der Waals surface area (Å²) >= 11 is 0. The zero-order valence-electron chi connectivity index (χ0n) is 16.7. The molecule has 26 heavy (non-hydrogen) atoms. The van der Waals surface area contributed by atoms with Crippen molar-refractivity contribution >= 4 is 29.9 Å². The molecule has 0 aromatic heterocycles. The maximum absolute atomic E-state index is 5.80. The first-order chi connectivity index (χ1) is 12.3. The molecule has 0 saturated carbocycles. The Bertz CT molecular complexity index is 373. The van der Waals surface area contributed by atoms with Crippen LogP contribution in [0.3, 0.4) is 0 Å². The van der Waals surface area contributed by atoms with Gasteiger partial charge in [-0.2, -0.15) is 0 Å². The third-order valence-corrected chi connectivity index (χ3v) is 5.06. The summed E-state index contributed by atoms with van der Waals surface area (Å²) in [7, 11) is 1.84. The van der Waals surface area contributed by atoms with E-state index < -0.39 is 0 Å². The quantitative estimate of drug-likeness (QED) is 0.217. The fraction of sp³-hybridized carbons (Fsp3) is 0.947. The predicted octanol–water partition coefficient (Wildman–Crippen LogP) is 2.33. The van der Waals surface area contributed by atoms with Crippen LogP contribution in [-0.4, -0.2) is 77.1 Å². The molecule has 1 atom stereocenters. The Morgan fingerprint density at radius 3 is 2.65 bits per heavy atom. The van der Waals surface area contributed by atoms with E-state index in [-0.39, 0.29) is 24.0 Å². The molecule has 0 radical (unpaired) electrons. The molecule has 0 aliphatic carbocycles. The van der Waals surface area contributed by atoms with Gasteiger partial charge in [0, 0.05) is 53.1 Å². The highest BCUT2D eigenvalue weighted by atomic mass is 127. The lowest BCUT2D eigenvalue weighted by Crippen LogP contribution is -2.41. The number of guanidine groups is 1. The second-order valence-electron chi connectivity index (χ2n) is 7.48. The Hall–Kier alpha value is -0.120. The fourth-order valence-electron chi connectivity index (χ4n) is 3.51. The van der Waals surface area contributed by atoms with Crippen LogP contribution in [0.2, 0.25) is 0 Å². The lowest BCUT2D eigenvalue weighted by Gasteiger charge is -2.22. The van der Waals surface area contributed by atoms with Gasteiger partial charge >= 0.3 is 0 Å². The first kappa shape index (κ1) is 23.9. The summed E-state index contributed by atoms with van der Waals surface area (Å²) in [5.41, 5.74) is 0. The molecule has 2 aliphatic heterocycles. The number of ether oxygens (including phenoxy) is 2. The van der Waals surface area contributed by atoms with Gasteiger partial charge in [-0.15, -0.1) is 24.0 Å². The first-order valence-electron chi connectivity index (χ1n) is 10.1. The topological polar surface area (TPSA) is 58.1 Å². The molecule has 2 fully saturated rings. The number of halogens is 1. The van der Waals surface area contributed by atoms with Crippen molar-refractivity contribution in [3.8, 4) is 0 Å². The average Bonchev–Trinajstić information content (AvgIpc) is 3.14. The SMILES string of the molecule is CN=C(NCCCOCC1CCOCC1)NCC(C)CN1CCCC1.I. The van der Waals surface area contributed by atoms with Crippen molar-refractivity contribution in [3.63, 3.8) is 0 Å². The standard InChI is InChI=1S/C19H38N4O2.HI/c1-17(15-23-9-3-4-10-23)14-22-19(20-2)21-8-5-11-25-16-18-6-12-24-13-7-18;/h17-18H,3-16H2,1-2H3,(H2,20,21,22);1H. The van der Waals surface area contributed by atoms with Gasteiger partial charge < -0.3 is 25.0 Å². The fourth-order valence-corrected chi connectivity index (χ4v) is 3.51. The monoisotopic (exact) mass is 482 g/mol. The van der Waals surface area contributed by atoms with Crippen LogP contribution < -0.4 is 10.6 Å². The third kappa shape index (κ3) is 10.3. The number of hydrogen-bond donors (Lipinski definition) is 2. The van der Waals surface area contributed by atoms with E-state index in [1.165, 1.54) is 32.5 Å². The van der Waals surface area contributed by atoms with Gasteiger partial charge in [-0.05, 0) is 57.0 Å². The van der Waals surface area contributed by atoms with Crippen LogP contribution in [0.4, 0.5) is 0 Å². The number of nitrogens with zero attached hydrogens (tertiary/aromatic N) is 2. The summed E-state index contributed by atoms with van der Waals surface area (Å²) in [6, 6.07) is 0. The maximum Gasteiger partial charge on any atom is 0.190 e. The van der Waals surface area contributed by atoms with E-state index in [0.29, 0.717) is 11.8 Å². The molecular formula is C19H39IN4O2. The van der Waals surface area contributed by atoms with Crippen molar-refractivity contribution in [3.05, 3.63) is 0 Å². The van der Waals surface area contributed by atoms with Gasteiger partial charge in [0.25, 0.3) is 0 Å². The minimum atomic E-state index is 0. The Balaban J connectivity index is 0.00000338. The van der Waals surface area contributed by atoms with Crippen LogP contribution in [0.1, 0.15) is 39.0 Å². The molecule has 0 spiro atoms. The zero-order chi connectivity index (χ0) is 17.7. The summed E-state index contributed by atoms with van der Waals surface area (Å²) in [6.45, 7) is 11.4. The number of nitrogens with one attached hydrogen (secondary N) is 2. The van der Waals surface area contributed by atoms with Crippen molar-refractivity contribution < 1.29 is 9.47 Å². The van der Waals surface area contributed by atoms with E-state index in [9.17, 15) is 0 Å². The van der Waals surface area contributed by atoms with E-state index in [1.807, 2.05) is 7.05 Å². The summed E-state index contributed by atoms with van der Waals surface area (Å²) in [5.74, 6) is 2.23. The van der Waals surface area contributed by atoms with Gasteiger partial charge in [0.1, 0.15) is 0 Å². The van der Waals surface area contributed by atoms with Gasteiger partial charge in [-0.25, -0.2) is 0 Å². The van der Waals surface area contributed by atoms with E-state index in [0.717, 1.165) is 64.7 Å². The predicted molar refractivity (Wildman–Crippen MR) is 119 cm³/mol. The van der Waals surface area contributed by atoms with Crippen LogP contribution in [0.25, 0.3) is 0 Å². The van der Waals surface area contributed by atoms with E-state index in [1.54, 1.807) is 0 Å². The van der Waals surface area contributed by atoms with Crippen LogP contribution >= 0.6 is 24.0 Å². The molecule has 1 unspecified atom stereocenters. The molecule has 6 nitrogen and oxygen atoms in total. The van der Waals surface area contributed by atoms with Crippen molar-refractivity contribution in [2.45, 2.75) is 39.0 Å². The third-order valence-electron chi connectivity index (χ3n) is 5.06. The molecule has 0 aromatic carbocycles. The smallest absolute Gasteiger partial charge is 0.190 e. The van der Waals surface area contributed by atoms with Gasteiger partial charge in [-0.3, -0.25) is 4.99 Å². The summed E-state index contributed by atoms with van der Waals surface area (Å²) in [5, 5.41) is 6.83. The van der Waals surface area contributed by atoms with Crippen LogP contribution in [-0.2, 0) is 9.47 Å². The molecule has 2 saturated heterocycles. The Morgan fingerprint density at radius 1 is 1.23 bits per heavy atom. The van der Waals surface area contributed by atoms with Crippen LogP contribution in [0.5, 0.6) is 0 Å². The summed E-state index contributed by atoms with van der Waals surface area (Å²) in [4.78, 5) is 6.88. The number of hydrogen-bond acceptors (Lipinski definition) is 4. The normalized spacial score (nSPS) is 20.6. The molecule has 2 N–H and O–H groups in total. The molecule has 154 valence electrons. The molecule has 0 bridgehead atoms. The van der Waals surface area contributed by atoms with Crippen LogP contribution in [0, 0.1) is 11.8 Å². The van der Waals surface area contributed by atoms with Crippen molar-refractivity contribution in [1.29, 1.82) is 0 Å². The van der Waals surface area contributed by atoms with Crippen molar-refractivity contribution in [2.75, 3.05) is 66.2 Å². The number of likely N-dealkylation sites (tertiary alicyclic amines) is 1. The minimum Gasteiger partial charge on any atom is -0.381 e. The van der Waals surface area contributed by atoms with Crippen LogP contribution in [0.15, 0.2) is 4.99 Å². The maximum atomic E-state index is 5.80. The van der Waals surface area contributed by atoms with Gasteiger partial charge in [0.2, 0.25) is 0 Å². The summed E-state index contributed by atoms with van der Waals surface area (Å²) in [6.07, 6.45) is 6.02. The van der Waals surface area contributed by atoms with Gasteiger partial charge in [0.15, 0.2) is 5.96 Å². The second kappa shape index (κ2) is 14.9. The summed E-state index contributed by atoms with van der Waals surface area (Å²) < 4.78 is 11.2. The molecule has 0 aromatic rings. The Morgan fingerprint density at radius 2 is 1.96 bits per heavy atom. The molecular weight excluding hydrogens is 443 g/mol. The largest absolute Gasteiger partial charge is 0.381 e. The minimum absolute atomic E-state index is 0. The zero-order valence-corrected chi connectivity index (χ0v) is 19.0. The first-order valence-corrected chi connectivity index (χ1v) is 10.1. The van der Waals surface area contributed by atoms with E-state index >= 15 is 0 Å². The lowest BCUT2D eigenvalue weighted by molar-refractivity contribution is 0.0203. The Kier molecular flexibility index (Phi) is 13.7. The number of rotatable bonds is 10. The highest BCUT2D eigenvalue weighted by molar-refractivity contribution is 14.0. The van der Waals surface area contributed by atoms with E-state index in [2.05, 4.69) is 27.4 Å². The molecule has 2 aliphatic rings. The Labute approximate surface area is 176 Å².